The van der Waals surface area contributed by atoms with E-state index < -0.39 is 10.0 Å². The molecule has 1 aliphatic rings. The van der Waals surface area contributed by atoms with Crippen molar-refractivity contribution < 1.29 is 17.9 Å². The molecule has 0 aliphatic carbocycles. The van der Waals surface area contributed by atoms with Crippen LogP contribution in [0.25, 0.3) is 0 Å². The van der Waals surface area contributed by atoms with Crippen LogP contribution in [0.4, 0.5) is 5.69 Å². The number of benzene rings is 2. The summed E-state index contributed by atoms with van der Waals surface area (Å²) in [6.07, 6.45) is 1.92. The van der Waals surface area contributed by atoms with Crippen LogP contribution in [0.2, 0.25) is 0 Å². The average molecular weight is 403 g/mol. The molecule has 0 fully saturated rings. The van der Waals surface area contributed by atoms with Crippen molar-refractivity contribution >= 4 is 21.6 Å². The summed E-state index contributed by atoms with van der Waals surface area (Å²) in [4.78, 5) is 14.6. The number of sulfonamides is 1. The second-order valence-corrected chi connectivity index (χ2v) is 9.17. The molecule has 0 aromatic heterocycles. The Kier molecular flexibility index (Phi) is 5.93. The number of hydrogen-bond acceptors (Lipinski definition) is 4. The predicted octanol–water partition coefficient (Wildman–Crippen LogP) is 2.82. The number of hydrogen-bond donors (Lipinski definition) is 0. The first kappa shape index (κ1) is 20.2. The van der Waals surface area contributed by atoms with E-state index >= 15 is 0 Å². The second kappa shape index (κ2) is 8.22. The van der Waals surface area contributed by atoms with Crippen molar-refractivity contribution in [2.45, 2.75) is 32.9 Å². The molecule has 28 heavy (non-hydrogen) atoms. The van der Waals surface area contributed by atoms with E-state index in [1.807, 2.05) is 32.0 Å². The lowest BCUT2D eigenvalue weighted by atomic mass is 10.00. The summed E-state index contributed by atoms with van der Waals surface area (Å²) in [5.74, 6) is 0.452. The first-order valence-electron chi connectivity index (χ1n) is 9.33. The third-order valence-corrected chi connectivity index (χ3v) is 5.80. The van der Waals surface area contributed by atoms with Crippen LogP contribution in [-0.2, 0) is 27.8 Å². The Morgan fingerprint density at radius 2 is 1.75 bits per heavy atom. The van der Waals surface area contributed by atoms with Gasteiger partial charge in [0.2, 0.25) is 15.9 Å². The molecule has 2 aromatic rings. The second-order valence-electron chi connectivity index (χ2n) is 7.26. The van der Waals surface area contributed by atoms with Crippen molar-refractivity contribution in [3.8, 4) is 5.75 Å². The molecule has 1 aliphatic heterocycles. The maximum absolute atomic E-state index is 12.8. The lowest BCUT2D eigenvalue weighted by Gasteiger charge is -2.31. The summed E-state index contributed by atoms with van der Waals surface area (Å²) in [6.45, 7) is 4.73. The van der Waals surface area contributed by atoms with Gasteiger partial charge in [-0.15, -0.1) is 0 Å². The number of fused-ring (bicyclic) bond motifs is 1. The van der Waals surface area contributed by atoms with Gasteiger partial charge in [-0.1, -0.05) is 24.3 Å². The molecule has 2 aromatic carbocycles. The molecule has 150 valence electrons. The van der Waals surface area contributed by atoms with E-state index in [1.54, 1.807) is 29.2 Å². The van der Waals surface area contributed by atoms with Gasteiger partial charge < -0.3 is 9.64 Å². The first-order valence-corrected chi connectivity index (χ1v) is 11.2. The number of anilines is 1. The highest BCUT2D eigenvalue weighted by molar-refractivity contribution is 7.92. The summed E-state index contributed by atoms with van der Waals surface area (Å²) in [6, 6.07) is 14.8. The molecular formula is C21H26N2O4S. The summed E-state index contributed by atoms with van der Waals surface area (Å²) in [5, 5.41) is 0. The van der Waals surface area contributed by atoms with E-state index in [2.05, 4.69) is 6.07 Å². The van der Waals surface area contributed by atoms with E-state index in [9.17, 15) is 13.2 Å². The molecule has 0 atom stereocenters. The Morgan fingerprint density at radius 1 is 1.11 bits per heavy atom. The van der Waals surface area contributed by atoms with Crippen molar-refractivity contribution in [1.82, 2.24) is 4.90 Å². The highest BCUT2D eigenvalue weighted by atomic mass is 32.2. The third kappa shape index (κ3) is 4.84. The maximum Gasteiger partial charge on any atom is 0.243 e. The summed E-state index contributed by atoms with van der Waals surface area (Å²) in [7, 11) is -3.60. The Balaban J connectivity index is 1.75. The fraction of sp³-hybridized carbons (Fsp3) is 0.381. The average Bonchev–Trinajstić information content (AvgIpc) is 2.65. The zero-order valence-corrected chi connectivity index (χ0v) is 17.3. The molecule has 1 amide bonds. The van der Waals surface area contributed by atoms with Gasteiger partial charge in [-0.3, -0.25) is 9.10 Å². The molecule has 0 saturated carbocycles. The van der Waals surface area contributed by atoms with Crippen molar-refractivity contribution in [2.24, 2.45) is 0 Å². The van der Waals surface area contributed by atoms with E-state index in [4.69, 9.17) is 4.74 Å². The molecule has 6 nitrogen and oxygen atoms in total. The molecule has 7 heteroatoms. The van der Waals surface area contributed by atoms with Crippen LogP contribution in [0.3, 0.4) is 0 Å². The Bertz CT molecular complexity index is 939. The normalized spacial score (nSPS) is 13.9. The largest absolute Gasteiger partial charge is 0.491 e. The van der Waals surface area contributed by atoms with Gasteiger partial charge in [0.05, 0.1) is 18.0 Å². The minimum absolute atomic E-state index is 0.0282. The molecule has 0 N–H and O–H groups in total. The SMILES string of the molecule is CC(C)Oc1ccc(N(CC(=O)N2CCc3ccccc3C2)S(C)(=O)=O)cc1. The van der Waals surface area contributed by atoms with Crippen molar-refractivity contribution in [2.75, 3.05) is 23.7 Å². The highest BCUT2D eigenvalue weighted by Gasteiger charge is 2.26. The van der Waals surface area contributed by atoms with Gasteiger partial charge >= 0.3 is 0 Å². The Morgan fingerprint density at radius 3 is 2.36 bits per heavy atom. The number of amides is 1. The number of rotatable bonds is 6. The van der Waals surface area contributed by atoms with Crippen molar-refractivity contribution in [1.29, 1.82) is 0 Å². The van der Waals surface area contributed by atoms with Crippen LogP contribution in [0.1, 0.15) is 25.0 Å². The highest BCUT2D eigenvalue weighted by Crippen LogP contribution is 2.24. The molecule has 0 unspecified atom stereocenters. The van der Waals surface area contributed by atoms with Gasteiger partial charge in [0.15, 0.2) is 0 Å². The van der Waals surface area contributed by atoms with E-state index in [1.165, 1.54) is 5.56 Å². The zero-order chi connectivity index (χ0) is 20.3. The van der Waals surface area contributed by atoms with Gasteiger partial charge in [0.1, 0.15) is 12.3 Å². The Labute approximate surface area is 166 Å². The van der Waals surface area contributed by atoms with Gasteiger partial charge in [-0.25, -0.2) is 8.42 Å². The fourth-order valence-electron chi connectivity index (χ4n) is 3.29. The maximum atomic E-state index is 12.8. The number of ether oxygens (including phenoxy) is 1. The van der Waals surface area contributed by atoms with Crippen LogP contribution in [0, 0.1) is 0 Å². The van der Waals surface area contributed by atoms with Gasteiger partial charge in [0, 0.05) is 13.1 Å². The number of nitrogens with zero attached hydrogens (tertiary/aromatic N) is 2. The van der Waals surface area contributed by atoms with Gasteiger partial charge in [0.25, 0.3) is 0 Å². The summed E-state index contributed by atoms with van der Waals surface area (Å²) in [5.41, 5.74) is 2.81. The molecule has 0 radical (unpaired) electrons. The number of carbonyl (C=O) groups is 1. The minimum Gasteiger partial charge on any atom is -0.491 e. The summed E-state index contributed by atoms with van der Waals surface area (Å²) >= 11 is 0. The smallest absolute Gasteiger partial charge is 0.243 e. The lowest BCUT2D eigenvalue weighted by molar-refractivity contribution is -0.130. The van der Waals surface area contributed by atoms with Crippen LogP contribution >= 0.6 is 0 Å². The minimum atomic E-state index is -3.60. The topological polar surface area (TPSA) is 66.9 Å². The summed E-state index contributed by atoms with van der Waals surface area (Å²) < 4.78 is 31.4. The van der Waals surface area contributed by atoms with Crippen LogP contribution in [0.5, 0.6) is 5.75 Å². The van der Waals surface area contributed by atoms with Crippen molar-refractivity contribution in [3.63, 3.8) is 0 Å². The van der Waals surface area contributed by atoms with E-state index in [-0.39, 0.29) is 18.6 Å². The van der Waals surface area contributed by atoms with Crippen molar-refractivity contribution in [3.05, 3.63) is 59.7 Å². The molecule has 0 bridgehead atoms. The van der Waals surface area contributed by atoms with E-state index in [0.29, 0.717) is 24.5 Å². The number of carbonyl (C=O) groups excluding carboxylic acids is 1. The molecule has 3 rings (SSSR count). The van der Waals surface area contributed by atoms with Gasteiger partial charge in [-0.05, 0) is 55.7 Å². The molecular weight excluding hydrogens is 376 g/mol. The first-order chi connectivity index (χ1) is 13.2. The van der Waals surface area contributed by atoms with Crippen LogP contribution < -0.4 is 9.04 Å². The fourth-order valence-corrected chi connectivity index (χ4v) is 4.14. The van der Waals surface area contributed by atoms with Crippen LogP contribution in [-0.4, -0.2) is 44.7 Å². The lowest BCUT2D eigenvalue weighted by Crippen LogP contribution is -2.44. The molecule has 0 spiro atoms. The molecule has 0 saturated heterocycles. The van der Waals surface area contributed by atoms with Gasteiger partial charge in [-0.2, -0.15) is 0 Å². The van der Waals surface area contributed by atoms with Crippen LogP contribution in [0.15, 0.2) is 48.5 Å². The molecule has 1 heterocycles. The quantitative estimate of drug-likeness (QED) is 0.745. The Hall–Kier alpha value is -2.54. The standard InChI is InChI=1S/C21H26N2O4S/c1-16(2)27-20-10-8-19(9-11-20)23(28(3,25)26)15-21(24)22-13-12-17-6-4-5-7-18(17)14-22/h4-11,16H,12-15H2,1-3H3. The third-order valence-electron chi connectivity index (χ3n) is 4.66. The zero-order valence-electron chi connectivity index (χ0n) is 16.5. The van der Waals surface area contributed by atoms with E-state index in [0.717, 1.165) is 22.5 Å². The monoisotopic (exact) mass is 402 g/mol. The predicted molar refractivity (Wildman–Crippen MR) is 110 cm³/mol.